The summed E-state index contributed by atoms with van der Waals surface area (Å²) in [5.41, 5.74) is 1.24. The number of likely N-dealkylation sites (N-methyl/N-ethyl adjacent to an activating group) is 1. The topological polar surface area (TPSA) is 37.4 Å². The maximum Gasteiger partial charge on any atom is 0.0622 e. The van der Waals surface area contributed by atoms with Crippen LogP contribution in [0.25, 0.3) is 0 Å². The normalized spacial score (nSPS) is 20.0. The molecular formula is C13H21N3O. The molecule has 0 radical (unpaired) electrons. The van der Waals surface area contributed by atoms with Gasteiger partial charge in [-0.05, 0) is 25.1 Å². The lowest BCUT2D eigenvalue weighted by molar-refractivity contribution is 0.159. The highest BCUT2D eigenvalue weighted by Crippen LogP contribution is 2.09. The molecule has 1 saturated heterocycles. The fourth-order valence-electron chi connectivity index (χ4n) is 2.04. The number of ether oxygens (including phenoxy) is 1. The fourth-order valence-corrected chi connectivity index (χ4v) is 2.04. The van der Waals surface area contributed by atoms with Gasteiger partial charge in [0.1, 0.15) is 0 Å². The lowest BCUT2D eigenvalue weighted by Gasteiger charge is -2.22. The molecule has 1 aliphatic rings. The Morgan fingerprint density at radius 1 is 1.59 bits per heavy atom. The first kappa shape index (κ1) is 12.5. The average Bonchev–Trinajstić information content (AvgIpc) is 2.89. The summed E-state index contributed by atoms with van der Waals surface area (Å²) >= 11 is 0. The molecular weight excluding hydrogens is 214 g/mol. The monoisotopic (exact) mass is 235 g/mol. The van der Waals surface area contributed by atoms with Crippen molar-refractivity contribution in [3.05, 3.63) is 30.1 Å². The number of hydrogen-bond acceptors (Lipinski definition) is 4. The van der Waals surface area contributed by atoms with E-state index in [1.54, 1.807) is 6.20 Å². The molecule has 0 amide bonds. The zero-order valence-electron chi connectivity index (χ0n) is 10.4. The molecule has 0 aromatic carbocycles. The highest BCUT2D eigenvalue weighted by molar-refractivity contribution is 5.07. The largest absolute Gasteiger partial charge is 0.380 e. The molecule has 2 heterocycles. The third-order valence-electron chi connectivity index (χ3n) is 3.22. The van der Waals surface area contributed by atoms with Crippen molar-refractivity contribution in [2.24, 2.45) is 0 Å². The first-order chi connectivity index (χ1) is 8.36. The van der Waals surface area contributed by atoms with Gasteiger partial charge in [0.05, 0.1) is 6.61 Å². The summed E-state index contributed by atoms with van der Waals surface area (Å²) in [6.07, 6.45) is 4.87. The Balaban J connectivity index is 1.59. The van der Waals surface area contributed by atoms with Gasteiger partial charge < -0.3 is 10.1 Å². The highest BCUT2D eigenvalue weighted by Gasteiger charge is 2.19. The molecule has 1 atom stereocenters. The van der Waals surface area contributed by atoms with E-state index in [-0.39, 0.29) is 0 Å². The number of nitrogens with zero attached hydrogens (tertiary/aromatic N) is 2. The van der Waals surface area contributed by atoms with Crippen molar-refractivity contribution in [1.82, 2.24) is 15.2 Å². The van der Waals surface area contributed by atoms with Crippen molar-refractivity contribution in [2.45, 2.75) is 19.0 Å². The quantitative estimate of drug-likeness (QED) is 0.743. The summed E-state index contributed by atoms with van der Waals surface area (Å²) in [5, 5.41) is 3.43. The molecule has 1 aromatic rings. The Kier molecular flexibility index (Phi) is 4.91. The average molecular weight is 235 g/mol. The van der Waals surface area contributed by atoms with Crippen molar-refractivity contribution in [1.29, 1.82) is 0 Å². The Hall–Kier alpha value is -0.970. The fraction of sp³-hybridized carbons (Fsp3) is 0.615. The van der Waals surface area contributed by atoms with Crippen LogP contribution < -0.4 is 5.32 Å². The Morgan fingerprint density at radius 3 is 3.24 bits per heavy atom. The lowest BCUT2D eigenvalue weighted by Crippen LogP contribution is -2.37. The van der Waals surface area contributed by atoms with Crippen LogP contribution in [-0.4, -0.2) is 49.3 Å². The SMILES string of the molecule is CN(CCNCc1cccnc1)C1CCOC1. The molecule has 1 N–H and O–H groups in total. The zero-order chi connectivity index (χ0) is 11.9. The lowest BCUT2D eigenvalue weighted by atomic mass is 10.2. The second-order valence-corrected chi connectivity index (χ2v) is 4.54. The van der Waals surface area contributed by atoms with Gasteiger partial charge in [-0.3, -0.25) is 9.88 Å². The number of nitrogens with one attached hydrogen (secondary N) is 1. The second-order valence-electron chi connectivity index (χ2n) is 4.54. The summed E-state index contributed by atoms with van der Waals surface area (Å²) in [6, 6.07) is 4.67. The number of rotatable bonds is 6. The number of aromatic nitrogens is 1. The summed E-state index contributed by atoms with van der Waals surface area (Å²) in [7, 11) is 2.17. The smallest absolute Gasteiger partial charge is 0.0622 e. The van der Waals surface area contributed by atoms with Gasteiger partial charge in [-0.15, -0.1) is 0 Å². The van der Waals surface area contributed by atoms with E-state index in [4.69, 9.17) is 4.74 Å². The molecule has 1 aromatic heterocycles. The minimum atomic E-state index is 0.607. The molecule has 2 rings (SSSR count). The van der Waals surface area contributed by atoms with Crippen molar-refractivity contribution < 1.29 is 4.74 Å². The predicted molar refractivity (Wildman–Crippen MR) is 67.8 cm³/mol. The van der Waals surface area contributed by atoms with E-state index in [2.05, 4.69) is 28.3 Å². The molecule has 0 spiro atoms. The highest BCUT2D eigenvalue weighted by atomic mass is 16.5. The van der Waals surface area contributed by atoms with E-state index in [1.807, 2.05) is 12.3 Å². The first-order valence-electron chi connectivity index (χ1n) is 6.24. The van der Waals surface area contributed by atoms with Crippen LogP contribution in [0.2, 0.25) is 0 Å². The minimum absolute atomic E-state index is 0.607. The van der Waals surface area contributed by atoms with Crippen LogP contribution >= 0.6 is 0 Å². The third kappa shape index (κ3) is 4.07. The maximum atomic E-state index is 5.38. The van der Waals surface area contributed by atoms with Crippen LogP contribution in [0.4, 0.5) is 0 Å². The summed E-state index contributed by atoms with van der Waals surface area (Å²) in [5.74, 6) is 0. The Morgan fingerprint density at radius 2 is 2.53 bits per heavy atom. The van der Waals surface area contributed by atoms with Crippen LogP contribution in [0.15, 0.2) is 24.5 Å². The van der Waals surface area contributed by atoms with Gasteiger partial charge in [-0.2, -0.15) is 0 Å². The first-order valence-corrected chi connectivity index (χ1v) is 6.24. The molecule has 4 nitrogen and oxygen atoms in total. The third-order valence-corrected chi connectivity index (χ3v) is 3.22. The minimum Gasteiger partial charge on any atom is -0.380 e. The molecule has 0 saturated carbocycles. The molecule has 0 bridgehead atoms. The molecule has 0 aliphatic carbocycles. The molecule has 1 fully saturated rings. The van der Waals surface area contributed by atoms with E-state index in [0.717, 1.165) is 32.8 Å². The van der Waals surface area contributed by atoms with E-state index in [1.165, 1.54) is 12.0 Å². The summed E-state index contributed by atoms with van der Waals surface area (Å²) in [6.45, 7) is 4.76. The van der Waals surface area contributed by atoms with Gasteiger partial charge in [0, 0.05) is 44.7 Å². The van der Waals surface area contributed by atoms with E-state index >= 15 is 0 Å². The van der Waals surface area contributed by atoms with Crippen molar-refractivity contribution >= 4 is 0 Å². The zero-order valence-corrected chi connectivity index (χ0v) is 10.4. The Labute approximate surface area is 103 Å². The van der Waals surface area contributed by atoms with Gasteiger partial charge in [-0.25, -0.2) is 0 Å². The van der Waals surface area contributed by atoms with Gasteiger partial charge in [0.2, 0.25) is 0 Å². The van der Waals surface area contributed by atoms with Gasteiger partial charge in [0.15, 0.2) is 0 Å². The van der Waals surface area contributed by atoms with Crippen molar-refractivity contribution in [2.75, 3.05) is 33.4 Å². The van der Waals surface area contributed by atoms with Gasteiger partial charge >= 0.3 is 0 Å². The van der Waals surface area contributed by atoms with Crippen molar-refractivity contribution in [3.8, 4) is 0 Å². The number of hydrogen-bond donors (Lipinski definition) is 1. The number of pyridine rings is 1. The molecule has 1 aliphatic heterocycles. The van der Waals surface area contributed by atoms with Crippen LogP contribution in [0, 0.1) is 0 Å². The van der Waals surface area contributed by atoms with Crippen LogP contribution in [0.5, 0.6) is 0 Å². The van der Waals surface area contributed by atoms with E-state index < -0.39 is 0 Å². The molecule has 94 valence electrons. The van der Waals surface area contributed by atoms with E-state index in [0.29, 0.717) is 6.04 Å². The van der Waals surface area contributed by atoms with Crippen molar-refractivity contribution in [3.63, 3.8) is 0 Å². The maximum absolute atomic E-state index is 5.38. The summed E-state index contributed by atoms with van der Waals surface area (Å²) < 4.78 is 5.38. The second kappa shape index (κ2) is 6.69. The van der Waals surface area contributed by atoms with E-state index in [9.17, 15) is 0 Å². The standard InChI is InChI=1S/C13H21N3O/c1-16(13-4-8-17-11-13)7-6-15-10-12-3-2-5-14-9-12/h2-3,5,9,13,15H,4,6-8,10-11H2,1H3. The van der Waals surface area contributed by atoms with Crippen LogP contribution in [0.1, 0.15) is 12.0 Å². The molecule has 1 unspecified atom stereocenters. The predicted octanol–water partition coefficient (Wildman–Crippen LogP) is 0.892. The van der Waals surface area contributed by atoms with Gasteiger partial charge in [-0.1, -0.05) is 6.07 Å². The van der Waals surface area contributed by atoms with Crippen LogP contribution in [0.3, 0.4) is 0 Å². The van der Waals surface area contributed by atoms with Crippen LogP contribution in [-0.2, 0) is 11.3 Å². The molecule has 4 heteroatoms. The van der Waals surface area contributed by atoms with Gasteiger partial charge in [0.25, 0.3) is 0 Å². The molecule has 17 heavy (non-hydrogen) atoms. The summed E-state index contributed by atoms with van der Waals surface area (Å²) in [4.78, 5) is 6.47. The Bertz CT molecular complexity index is 312.